The lowest BCUT2D eigenvalue weighted by Crippen LogP contribution is -2.05. The van der Waals surface area contributed by atoms with Crippen LogP contribution in [0.25, 0.3) is 18.2 Å². The van der Waals surface area contributed by atoms with Gasteiger partial charge in [-0.15, -0.1) is 0 Å². The van der Waals surface area contributed by atoms with E-state index in [4.69, 9.17) is 9.47 Å². The number of esters is 1. The SMILES string of the molecule is COc1cc(/C=C/c2ccccc2)ccc1OC(=O)/C=C/c1ccccc1. The summed E-state index contributed by atoms with van der Waals surface area (Å²) >= 11 is 0. The van der Waals surface area contributed by atoms with Crippen LogP contribution in [0.4, 0.5) is 0 Å². The van der Waals surface area contributed by atoms with Crippen LogP contribution in [0.15, 0.2) is 84.9 Å². The molecule has 0 bridgehead atoms. The predicted octanol–water partition coefficient (Wildman–Crippen LogP) is 5.48. The van der Waals surface area contributed by atoms with Crippen LogP contribution in [0.3, 0.4) is 0 Å². The number of rotatable bonds is 6. The van der Waals surface area contributed by atoms with Crippen molar-refractivity contribution in [2.75, 3.05) is 7.11 Å². The number of ether oxygens (including phenoxy) is 2. The summed E-state index contributed by atoms with van der Waals surface area (Å²) in [7, 11) is 1.55. The minimum Gasteiger partial charge on any atom is -0.493 e. The largest absolute Gasteiger partial charge is 0.493 e. The third-order valence-electron chi connectivity index (χ3n) is 3.88. The van der Waals surface area contributed by atoms with Gasteiger partial charge in [0.25, 0.3) is 0 Å². The fourth-order valence-electron chi connectivity index (χ4n) is 2.50. The van der Waals surface area contributed by atoms with E-state index in [1.807, 2.05) is 84.9 Å². The highest BCUT2D eigenvalue weighted by atomic mass is 16.6. The topological polar surface area (TPSA) is 35.5 Å². The molecule has 3 aromatic rings. The van der Waals surface area contributed by atoms with E-state index >= 15 is 0 Å². The van der Waals surface area contributed by atoms with E-state index in [-0.39, 0.29) is 0 Å². The third kappa shape index (κ3) is 5.44. The molecule has 0 heterocycles. The van der Waals surface area contributed by atoms with Gasteiger partial charge in [0.2, 0.25) is 0 Å². The molecule has 3 rings (SSSR count). The summed E-state index contributed by atoms with van der Waals surface area (Å²) in [5, 5.41) is 0. The van der Waals surface area contributed by atoms with E-state index in [1.165, 1.54) is 6.08 Å². The van der Waals surface area contributed by atoms with Crippen LogP contribution in [-0.2, 0) is 4.79 Å². The van der Waals surface area contributed by atoms with Crippen LogP contribution in [0.5, 0.6) is 11.5 Å². The van der Waals surface area contributed by atoms with E-state index in [9.17, 15) is 4.79 Å². The number of hydrogen-bond acceptors (Lipinski definition) is 3. The number of hydrogen-bond donors (Lipinski definition) is 0. The van der Waals surface area contributed by atoms with Gasteiger partial charge >= 0.3 is 5.97 Å². The molecule has 0 amide bonds. The first kappa shape index (κ1) is 18.2. The van der Waals surface area contributed by atoms with Crippen molar-refractivity contribution >= 4 is 24.2 Å². The zero-order valence-corrected chi connectivity index (χ0v) is 15.0. The summed E-state index contributed by atoms with van der Waals surface area (Å²) in [6.45, 7) is 0. The Labute approximate surface area is 159 Å². The Hall–Kier alpha value is -3.59. The molecule has 0 aliphatic heterocycles. The average Bonchev–Trinajstić information content (AvgIpc) is 2.73. The molecule has 0 atom stereocenters. The second kappa shape index (κ2) is 9.20. The summed E-state index contributed by atoms with van der Waals surface area (Å²) in [6, 6.07) is 25.1. The van der Waals surface area contributed by atoms with Gasteiger partial charge < -0.3 is 9.47 Å². The van der Waals surface area contributed by atoms with Crippen LogP contribution in [0.2, 0.25) is 0 Å². The molecule has 0 spiro atoms. The maximum Gasteiger partial charge on any atom is 0.336 e. The van der Waals surface area contributed by atoms with Crippen LogP contribution < -0.4 is 9.47 Å². The van der Waals surface area contributed by atoms with Gasteiger partial charge in [0.15, 0.2) is 11.5 Å². The van der Waals surface area contributed by atoms with Gasteiger partial charge in [-0.2, -0.15) is 0 Å². The van der Waals surface area contributed by atoms with Crippen molar-refractivity contribution in [3.8, 4) is 11.5 Å². The number of carbonyl (C=O) groups is 1. The van der Waals surface area contributed by atoms with Crippen molar-refractivity contribution in [1.82, 2.24) is 0 Å². The summed E-state index contributed by atoms with van der Waals surface area (Å²) in [6.07, 6.45) is 7.12. The Morgan fingerprint density at radius 2 is 1.30 bits per heavy atom. The highest BCUT2D eigenvalue weighted by Gasteiger charge is 2.08. The van der Waals surface area contributed by atoms with Gasteiger partial charge in [0, 0.05) is 6.08 Å². The van der Waals surface area contributed by atoms with Crippen molar-refractivity contribution in [1.29, 1.82) is 0 Å². The van der Waals surface area contributed by atoms with E-state index < -0.39 is 5.97 Å². The fourth-order valence-corrected chi connectivity index (χ4v) is 2.50. The van der Waals surface area contributed by atoms with Gasteiger partial charge in [-0.3, -0.25) is 0 Å². The Bertz CT molecular complexity index is 942. The summed E-state index contributed by atoms with van der Waals surface area (Å²) in [4.78, 5) is 12.1. The van der Waals surface area contributed by atoms with Crippen LogP contribution in [-0.4, -0.2) is 13.1 Å². The Kier molecular flexibility index (Phi) is 6.21. The molecule has 0 unspecified atom stereocenters. The van der Waals surface area contributed by atoms with Crippen molar-refractivity contribution in [3.63, 3.8) is 0 Å². The highest BCUT2D eigenvalue weighted by Crippen LogP contribution is 2.29. The molecular weight excluding hydrogens is 336 g/mol. The number of carbonyl (C=O) groups excluding carboxylic acids is 1. The smallest absolute Gasteiger partial charge is 0.336 e. The molecule has 134 valence electrons. The molecule has 3 heteroatoms. The average molecular weight is 356 g/mol. The van der Waals surface area contributed by atoms with Gasteiger partial charge in [0.05, 0.1) is 7.11 Å². The molecule has 0 radical (unpaired) electrons. The summed E-state index contributed by atoms with van der Waals surface area (Å²) in [5.74, 6) is 0.438. The Morgan fingerprint density at radius 1 is 0.704 bits per heavy atom. The highest BCUT2D eigenvalue weighted by molar-refractivity contribution is 5.89. The lowest BCUT2D eigenvalue weighted by molar-refractivity contribution is -0.129. The molecule has 0 fully saturated rings. The van der Waals surface area contributed by atoms with Crippen molar-refractivity contribution in [3.05, 3.63) is 102 Å². The van der Waals surface area contributed by atoms with Crippen LogP contribution in [0.1, 0.15) is 16.7 Å². The molecule has 0 aliphatic carbocycles. The quantitative estimate of drug-likeness (QED) is 0.254. The minimum atomic E-state index is -0.454. The molecule has 3 nitrogen and oxygen atoms in total. The second-order valence-corrected chi connectivity index (χ2v) is 5.82. The minimum absolute atomic E-state index is 0.386. The van der Waals surface area contributed by atoms with E-state index in [1.54, 1.807) is 19.3 Å². The molecule has 0 saturated heterocycles. The maximum atomic E-state index is 12.1. The van der Waals surface area contributed by atoms with Crippen LogP contribution >= 0.6 is 0 Å². The zero-order valence-electron chi connectivity index (χ0n) is 15.0. The van der Waals surface area contributed by atoms with E-state index in [2.05, 4.69) is 0 Å². The first-order valence-corrected chi connectivity index (χ1v) is 8.61. The standard InChI is InChI=1S/C24H20O3/c1-26-23-18-21(13-12-19-8-4-2-5-9-19)14-16-22(23)27-24(25)17-15-20-10-6-3-7-11-20/h2-18H,1H3/b13-12+,17-15+. The Morgan fingerprint density at radius 3 is 1.93 bits per heavy atom. The van der Waals surface area contributed by atoms with Gasteiger partial charge in [-0.05, 0) is 34.9 Å². The molecule has 0 saturated carbocycles. The summed E-state index contributed by atoms with van der Waals surface area (Å²) in [5.41, 5.74) is 3.00. The first-order valence-electron chi connectivity index (χ1n) is 8.61. The monoisotopic (exact) mass is 356 g/mol. The predicted molar refractivity (Wildman–Crippen MR) is 109 cm³/mol. The van der Waals surface area contributed by atoms with E-state index in [0.29, 0.717) is 11.5 Å². The molecular formula is C24H20O3. The number of benzene rings is 3. The van der Waals surface area contributed by atoms with E-state index in [0.717, 1.165) is 16.7 Å². The maximum absolute atomic E-state index is 12.1. The first-order chi connectivity index (χ1) is 13.2. The van der Waals surface area contributed by atoms with Gasteiger partial charge in [0.1, 0.15) is 0 Å². The number of methoxy groups -OCH3 is 1. The molecule has 3 aromatic carbocycles. The Balaban J connectivity index is 1.70. The normalized spacial score (nSPS) is 11.0. The molecule has 27 heavy (non-hydrogen) atoms. The third-order valence-corrected chi connectivity index (χ3v) is 3.88. The lowest BCUT2D eigenvalue weighted by atomic mass is 10.1. The van der Waals surface area contributed by atoms with Gasteiger partial charge in [-0.25, -0.2) is 4.79 Å². The molecule has 0 aliphatic rings. The molecule has 0 N–H and O–H groups in total. The molecule has 0 aromatic heterocycles. The van der Waals surface area contributed by atoms with Crippen LogP contribution in [0, 0.1) is 0 Å². The van der Waals surface area contributed by atoms with Crippen molar-refractivity contribution in [2.45, 2.75) is 0 Å². The fraction of sp³-hybridized carbons (Fsp3) is 0.0417. The van der Waals surface area contributed by atoms with Crippen molar-refractivity contribution in [2.24, 2.45) is 0 Å². The summed E-state index contributed by atoms with van der Waals surface area (Å²) < 4.78 is 10.8. The zero-order chi connectivity index (χ0) is 18.9. The lowest BCUT2D eigenvalue weighted by Gasteiger charge is -2.08. The van der Waals surface area contributed by atoms with Gasteiger partial charge in [-0.1, -0.05) is 78.9 Å². The second-order valence-electron chi connectivity index (χ2n) is 5.82. The van der Waals surface area contributed by atoms with Crippen molar-refractivity contribution < 1.29 is 14.3 Å².